The first-order valence-electron chi connectivity index (χ1n) is 10.2. The third-order valence-electron chi connectivity index (χ3n) is 5.44. The third kappa shape index (κ3) is 5.66. The molecule has 1 N–H and O–H groups in total. The van der Waals surface area contributed by atoms with Gasteiger partial charge in [0.2, 0.25) is 0 Å². The first-order valence-corrected chi connectivity index (χ1v) is 11.0. The monoisotopic (exact) mass is 543 g/mol. The highest BCUT2D eigenvalue weighted by atomic mass is 127. The lowest BCUT2D eigenvalue weighted by molar-refractivity contribution is -0.0817. The zero-order valence-corrected chi connectivity index (χ0v) is 20.7. The molecule has 0 aliphatic carbocycles. The normalized spacial score (nSPS) is 21.9. The zero-order chi connectivity index (χ0) is 20.1. The molecular weight excluding hydrogens is 513 g/mol. The molecule has 8 heteroatoms. The molecular formula is C22H30IN3O3S. The summed E-state index contributed by atoms with van der Waals surface area (Å²) < 4.78 is 17.0. The second-order valence-electron chi connectivity index (χ2n) is 7.30. The van der Waals surface area contributed by atoms with Gasteiger partial charge in [-0.3, -0.25) is 4.99 Å². The fourth-order valence-electron chi connectivity index (χ4n) is 3.87. The molecule has 2 unspecified atom stereocenters. The molecule has 30 heavy (non-hydrogen) atoms. The van der Waals surface area contributed by atoms with Gasteiger partial charge in [0, 0.05) is 36.5 Å². The van der Waals surface area contributed by atoms with E-state index in [1.54, 1.807) is 18.4 Å². The number of hydrogen-bond acceptors (Lipinski definition) is 5. The molecule has 2 aliphatic heterocycles. The number of rotatable bonds is 5. The van der Waals surface area contributed by atoms with E-state index >= 15 is 0 Å². The van der Waals surface area contributed by atoms with Crippen molar-refractivity contribution in [3.8, 4) is 16.2 Å². The highest BCUT2D eigenvalue weighted by Gasteiger charge is 2.32. The van der Waals surface area contributed by atoms with Gasteiger partial charge in [0.15, 0.2) is 5.96 Å². The molecule has 1 aromatic heterocycles. The largest absolute Gasteiger partial charge is 0.497 e. The van der Waals surface area contributed by atoms with E-state index in [0.29, 0.717) is 6.61 Å². The molecule has 0 amide bonds. The predicted molar refractivity (Wildman–Crippen MR) is 132 cm³/mol. The van der Waals surface area contributed by atoms with Crippen LogP contribution >= 0.6 is 35.3 Å². The second-order valence-corrected chi connectivity index (χ2v) is 8.47. The smallest absolute Gasteiger partial charge is 0.194 e. The van der Waals surface area contributed by atoms with Crippen molar-refractivity contribution in [3.05, 3.63) is 41.3 Å². The number of guanidine groups is 1. The Morgan fingerprint density at radius 2 is 1.97 bits per heavy atom. The quantitative estimate of drug-likeness (QED) is 0.351. The number of halogens is 1. The Bertz CT molecular complexity index is 821. The van der Waals surface area contributed by atoms with Gasteiger partial charge >= 0.3 is 0 Å². The van der Waals surface area contributed by atoms with Crippen molar-refractivity contribution in [2.75, 3.05) is 40.5 Å². The number of hydrogen-bond donors (Lipinski definition) is 1. The highest BCUT2D eigenvalue weighted by molar-refractivity contribution is 14.0. The second kappa shape index (κ2) is 11.3. The van der Waals surface area contributed by atoms with E-state index in [2.05, 4.69) is 39.5 Å². The van der Waals surface area contributed by atoms with Crippen LogP contribution in [0.2, 0.25) is 0 Å². The van der Waals surface area contributed by atoms with Crippen molar-refractivity contribution in [2.24, 2.45) is 4.99 Å². The van der Waals surface area contributed by atoms with Crippen molar-refractivity contribution in [2.45, 2.75) is 31.6 Å². The maximum Gasteiger partial charge on any atom is 0.194 e. The molecule has 0 bridgehead atoms. The number of methoxy groups -OCH3 is 1. The van der Waals surface area contributed by atoms with Crippen LogP contribution in [0.4, 0.5) is 0 Å². The Balaban J connectivity index is 0.00000256. The van der Waals surface area contributed by atoms with E-state index in [1.807, 2.05) is 19.2 Å². The van der Waals surface area contributed by atoms with Crippen molar-refractivity contribution >= 4 is 41.3 Å². The molecule has 6 nitrogen and oxygen atoms in total. The maximum atomic E-state index is 5.96. The molecule has 4 rings (SSSR count). The summed E-state index contributed by atoms with van der Waals surface area (Å²) in [7, 11) is 3.53. The summed E-state index contributed by atoms with van der Waals surface area (Å²) in [4.78, 5) is 9.32. The van der Waals surface area contributed by atoms with Crippen LogP contribution < -0.4 is 10.1 Å². The summed E-state index contributed by atoms with van der Waals surface area (Å²) in [6.07, 6.45) is 2.58. The van der Waals surface area contributed by atoms with Crippen LogP contribution in [0, 0.1) is 0 Å². The number of aliphatic imine (C=N–C) groups is 1. The van der Waals surface area contributed by atoms with E-state index in [0.717, 1.165) is 50.8 Å². The van der Waals surface area contributed by atoms with Gasteiger partial charge < -0.3 is 24.4 Å². The molecule has 0 radical (unpaired) electrons. The number of nitrogens with one attached hydrogen (secondary N) is 1. The third-order valence-corrected chi connectivity index (χ3v) is 6.58. The highest BCUT2D eigenvalue weighted by Crippen LogP contribution is 2.29. The van der Waals surface area contributed by atoms with E-state index in [4.69, 9.17) is 14.2 Å². The molecule has 2 saturated heterocycles. The van der Waals surface area contributed by atoms with Crippen LogP contribution in [0.3, 0.4) is 0 Å². The van der Waals surface area contributed by atoms with E-state index in [-0.39, 0.29) is 36.2 Å². The number of nitrogens with zero attached hydrogens (tertiary/aromatic N) is 2. The summed E-state index contributed by atoms with van der Waals surface area (Å²) in [6.45, 7) is 4.00. The number of benzene rings is 1. The van der Waals surface area contributed by atoms with Crippen LogP contribution in [-0.4, -0.2) is 63.5 Å². The van der Waals surface area contributed by atoms with E-state index < -0.39 is 0 Å². The lowest BCUT2D eigenvalue weighted by Gasteiger charge is -2.37. The van der Waals surface area contributed by atoms with Gasteiger partial charge in [-0.2, -0.15) is 0 Å². The average Bonchev–Trinajstić information content (AvgIpc) is 3.47. The van der Waals surface area contributed by atoms with Gasteiger partial charge in [0.25, 0.3) is 0 Å². The van der Waals surface area contributed by atoms with Crippen LogP contribution in [0.1, 0.15) is 17.7 Å². The standard InChI is InChI=1S/C22H29N3O3S.HI/c1-23-22(25-11-13-28-20(15-25)19-4-3-12-27-19)24-14-18-9-10-21(29-18)16-5-7-17(26-2)8-6-16;/h5-10,19-20H,3-4,11-15H2,1-2H3,(H,23,24);1H. The molecule has 2 fully saturated rings. The average molecular weight is 543 g/mol. The van der Waals surface area contributed by atoms with Crippen LogP contribution in [0.5, 0.6) is 5.75 Å². The molecule has 1 aromatic carbocycles. The Morgan fingerprint density at radius 1 is 1.17 bits per heavy atom. The minimum atomic E-state index is 0. The number of thiophene rings is 1. The minimum absolute atomic E-state index is 0. The summed E-state index contributed by atoms with van der Waals surface area (Å²) in [5, 5.41) is 3.52. The number of ether oxygens (including phenoxy) is 3. The molecule has 2 aliphatic rings. The van der Waals surface area contributed by atoms with Crippen LogP contribution in [-0.2, 0) is 16.0 Å². The molecule has 164 valence electrons. The maximum absolute atomic E-state index is 5.96. The van der Waals surface area contributed by atoms with E-state index in [9.17, 15) is 0 Å². The minimum Gasteiger partial charge on any atom is -0.497 e. The Hall–Kier alpha value is -1.36. The van der Waals surface area contributed by atoms with E-state index in [1.165, 1.54) is 15.3 Å². The Kier molecular flexibility index (Phi) is 8.79. The SMILES string of the molecule is CN=C(NCc1ccc(-c2ccc(OC)cc2)s1)N1CCOC(C2CCCO2)C1.I. The summed E-state index contributed by atoms with van der Waals surface area (Å²) >= 11 is 1.80. The fourth-order valence-corrected chi connectivity index (χ4v) is 4.82. The lowest BCUT2D eigenvalue weighted by atomic mass is 10.1. The summed E-state index contributed by atoms with van der Waals surface area (Å²) in [6, 6.07) is 12.5. The van der Waals surface area contributed by atoms with Crippen molar-refractivity contribution in [1.29, 1.82) is 0 Å². The summed E-state index contributed by atoms with van der Waals surface area (Å²) in [5.74, 6) is 1.80. The molecule has 3 heterocycles. The van der Waals surface area contributed by atoms with Gasteiger partial charge in [-0.15, -0.1) is 35.3 Å². The molecule has 0 spiro atoms. The lowest BCUT2D eigenvalue weighted by Crippen LogP contribution is -2.53. The Morgan fingerprint density at radius 3 is 2.67 bits per heavy atom. The number of morpholine rings is 1. The first-order chi connectivity index (χ1) is 14.3. The molecule has 2 aromatic rings. The molecule has 2 atom stereocenters. The van der Waals surface area contributed by atoms with Crippen LogP contribution in [0.15, 0.2) is 41.4 Å². The first kappa shape index (κ1) is 23.3. The van der Waals surface area contributed by atoms with Gasteiger partial charge in [-0.25, -0.2) is 0 Å². The predicted octanol–water partition coefficient (Wildman–Crippen LogP) is 4.00. The summed E-state index contributed by atoms with van der Waals surface area (Å²) in [5.41, 5.74) is 1.21. The van der Waals surface area contributed by atoms with Gasteiger partial charge in [0.05, 0.1) is 26.4 Å². The van der Waals surface area contributed by atoms with Gasteiger partial charge in [-0.1, -0.05) is 0 Å². The van der Waals surface area contributed by atoms with Crippen molar-refractivity contribution in [1.82, 2.24) is 10.2 Å². The van der Waals surface area contributed by atoms with Crippen LogP contribution in [0.25, 0.3) is 10.4 Å². The van der Waals surface area contributed by atoms with Crippen molar-refractivity contribution < 1.29 is 14.2 Å². The van der Waals surface area contributed by atoms with Gasteiger partial charge in [0.1, 0.15) is 11.9 Å². The molecule has 0 saturated carbocycles. The Labute approximate surface area is 199 Å². The van der Waals surface area contributed by atoms with Gasteiger partial charge in [-0.05, 0) is 54.8 Å². The zero-order valence-electron chi connectivity index (χ0n) is 17.5. The topological polar surface area (TPSA) is 55.3 Å². The van der Waals surface area contributed by atoms with Crippen molar-refractivity contribution in [3.63, 3.8) is 0 Å². The fraction of sp³-hybridized carbons (Fsp3) is 0.500.